The van der Waals surface area contributed by atoms with Crippen LogP contribution in [0.1, 0.15) is 71.1 Å². The topological polar surface area (TPSA) is 37.3 Å². The molecule has 0 bridgehead atoms. The van der Waals surface area contributed by atoms with Crippen LogP contribution in [0.3, 0.4) is 0 Å². The van der Waals surface area contributed by atoms with E-state index in [1.807, 2.05) is 0 Å². The van der Waals surface area contributed by atoms with Crippen LogP contribution in [0, 0.1) is 0 Å². The summed E-state index contributed by atoms with van der Waals surface area (Å²) in [6.45, 7) is 2.23. The van der Waals surface area contributed by atoms with Crippen LogP contribution in [0.15, 0.2) is 48.6 Å². The molecular weight excluding hydrogens is 271 g/mol. The monoisotopic (exact) mass is 303 g/mol. The Morgan fingerprint density at radius 2 is 1.18 bits per heavy atom. The second-order valence-electron chi connectivity index (χ2n) is 5.37. The van der Waals surface area contributed by atoms with Crippen LogP contribution in [0.2, 0.25) is 0 Å². The lowest BCUT2D eigenvalue weighted by molar-refractivity contribution is -0.137. The van der Waals surface area contributed by atoms with Gasteiger partial charge in [-0.15, -0.1) is 0 Å². The number of unbranched alkanes of at least 4 members (excludes halogenated alkanes) is 4. The van der Waals surface area contributed by atoms with E-state index >= 15 is 0 Å². The summed E-state index contributed by atoms with van der Waals surface area (Å²) in [6.07, 6.45) is 27.3. The Kier molecular flexibility index (Phi) is 16.2. The van der Waals surface area contributed by atoms with Crippen molar-refractivity contribution < 1.29 is 9.90 Å². The minimum absolute atomic E-state index is 0.262. The smallest absolute Gasteiger partial charge is 0.303 e. The molecule has 2 heteroatoms. The molecule has 124 valence electrons. The fourth-order valence-electron chi connectivity index (χ4n) is 1.93. The molecule has 0 saturated carbocycles. The van der Waals surface area contributed by atoms with Crippen LogP contribution >= 0.6 is 0 Å². The third-order valence-corrected chi connectivity index (χ3v) is 3.22. The van der Waals surface area contributed by atoms with Crippen LogP contribution < -0.4 is 0 Å². The molecule has 0 atom stereocenters. The summed E-state index contributed by atoms with van der Waals surface area (Å²) >= 11 is 0. The summed E-state index contributed by atoms with van der Waals surface area (Å²) in [6, 6.07) is 0. The molecule has 0 radical (unpaired) electrons. The fraction of sp³-hybridized carbons (Fsp3) is 0.550. The number of aliphatic carboxylic acids is 1. The molecule has 0 saturated heterocycles. The van der Waals surface area contributed by atoms with Crippen LogP contribution in [-0.2, 0) is 4.79 Å². The standard InChI is InChI=1S/C20H32O2/c1-2-3-4-5-6-7-8-9-10-11-12-13-14-15-16-17-18-19-20(21)22/h6-7,9-10,12-13,15-16H,2-5,8,11,14,17-19H2,1H3,(H,21,22)/b7-6-,10-9-,13-12-,16-15-/i20-1. The number of carbonyl (C=O) groups is 1. The Labute approximate surface area is 136 Å². The normalized spacial score (nSPS) is 12.4. The van der Waals surface area contributed by atoms with Crippen molar-refractivity contribution in [2.75, 3.05) is 0 Å². The van der Waals surface area contributed by atoms with Crippen molar-refractivity contribution in [1.82, 2.24) is 0 Å². The van der Waals surface area contributed by atoms with E-state index in [4.69, 9.17) is 5.11 Å². The first-order chi connectivity index (χ1) is 10.8. The summed E-state index contributed by atoms with van der Waals surface area (Å²) in [4.78, 5) is 10.3. The zero-order valence-corrected chi connectivity index (χ0v) is 14.0. The first-order valence-corrected chi connectivity index (χ1v) is 8.59. The molecular formula is C20H32O2. The predicted octanol–water partition coefficient (Wildman–Crippen LogP) is 6.22. The quantitative estimate of drug-likeness (QED) is 0.305. The second kappa shape index (κ2) is 17.5. The van der Waals surface area contributed by atoms with Gasteiger partial charge in [-0.25, -0.2) is 0 Å². The van der Waals surface area contributed by atoms with Gasteiger partial charge in [-0.1, -0.05) is 68.4 Å². The van der Waals surface area contributed by atoms with Gasteiger partial charge in [0.15, 0.2) is 0 Å². The first-order valence-electron chi connectivity index (χ1n) is 8.59. The van der Waals surface area contributed by atoms with Crippen molar-refractivity contribution in [3.8, 4) is 0 Å². The maximum atomic E-state index is 10.3. The Hall–Kier alpha value is -1.57. The van der Waals surface area contributed by atoms with E-state index in [0.717, 1.165) is 32.1 Å². The van der Waals surface area contributed by atoms with Gasteiger partial charge in [0.2, 0.25) is 0 Å². The largest absolute Gasteiger partial charge is 0.481 e. The molecule has 0 spiro atoms. The van der Waals surface area contributed by atoms with Crippen molar-refractivity contribution in [2.24, 2.45) is 0 Å². The third kappa shape index (κ3) is 18.4. The summed E-state index contributed by atoms with van der Waals surface area (Å²) in [5.74, 6) is -0.712. The number of hydrogen-bond acceptors (Lipinski definition) is 1. The molecule has 22 heavy (non-hydrogen) atoms. The molecule has 0 aromatic carbocycles. The Balaban J connectivity index is 3.40. The van der Waals surface area contributed by atoms with E-state index in [2.05, 4.69) is 55.5 Å². The van der Waals surface area contributed by atoms with Crippen molar-refractivity contribution in [3.05, 3.63) is 48.6 Å². The lowest BCUT2D eigenvalue weighted by Gasteiger charge is -1.90. The van der Waals surface area contributed by atoms with Gasteiger partial charge in [0.05, 0.1) is 0 Å². The van der Waals surface area contributed by atoms with Crippen LogP contribution in [0.5, 0.6) is 0 Å². The number of carboxylic acid groups (broad SMARTS) is 1. The SMILES string of the molecule is CCCCC/C=C\C/C=C\C/C=C\C/C=C\CCC[11C](=O)O. The molecule has 0 aromatic rings. The molecule has 0 aliphatic carbocycles. The average molecular weight is 303 g/mol. The van der Waals surface area contributed by atoms with E-state index < -0.39 is 5.97 Å². The lowest BCUT2D eigenvalue weighted by atomic mass is 9.98. The van der Waals surface area contributed by atoms with Gasteiger partial charge >= 0.3 is 5.97 Å². The Bertz CT molecular complexity index is 362. The van der Waals surface area contributed by atoms with E-state index in [9.17, 15) is 4.79 Å². The zero-order chi connectivity index (χ0) is 16.3. The maximum absolute atomic E-state index is 10.3. The molecule has 0 rings (SSSR count). The highest BCUT2D eigenvalue weighted by molar-refractivity contribution is 5.66. The van der Waals surface area contributed by atoms with Gasteiger partial charge in [0, 0.05) is 6.42 Å². The highest BCUT2D eigenvalue weighted by Gasteiger charge is 1.92. The highest BCUT2D eigenvalue weighted by atomic mass is 16.3. The molecule has 0 aromatic heterocycles. The Morgan fingerprint density at radius 3 is 1.64 bits per heavy atom. The third-order valence-electron chi connectivity index (χ3n) is 3.22. The first kappa shape index (κ1) is 20.4. The molecule has 0 aliphatic heterocycles. The minimum Gasteiger partial charge on any atom is -0.481 e. The van der Waals surface area contributed by atoms with Gasteiger partial charge in [-0.05, 0) is 44.9 Å². The van der Waals surface area contributed by atoms with Gasteiger partial charge in [0.25, 0.3) is 0 Å². The molecule has 0 unspecified atom stereocenters. The summed E-state index contributed by atoms with van der Waals surface area (Å²) in [5.41, 5.74) is 0. The van der Waals surface area contributed by atoms with Crippen LogP contribution in [0.4, 0.5) is 0 Å². The van der Waals surface area contributed by atoms with Gasteiger partial charge in [-0.2, -0.15) is 0 Å². The molecule has 0 amide bonds. The highest BCUT2D eigenvalue weighted by Crippen LogP contribution is 2.01. The summed E-state index contributed by atoms with van der Waals surface area (Å²) in [7, 11) is 0. The fourth-order valence-corrected chi connectivity index (χ4v) is 1.93. The molecule has 2 nitrogen and oxygen atoms in total. The van der Waals surface area contributed by atoms with Crippen LogP contribution in [0.25, 0.3) is 0 Å². The second-order valence-corrected chi connectivity index (χ2v) is 5.37. The number of hydrogen-bond donors (Lipinski definition) is 1. The lowest BCUT2D eigenvalue weighted by Crippen LogP contribution is -1.92. The molecule has 0 fully saturated rings. The van der Waals surface area contributed by atoms with Gasteiger partial charge in [-0.3, -0.25) is 4.79 Å². The molecule has 0 aliphatic rings. The van der Waals surface area contributed by atoms with E-state index in [1.165, 1.54) is 25.7 Å². The average Bonchev–Trinajstić information content (AvgIpc) is 2.50. The molecule has 0 heterocycles. The molecule has 1 N–H and O–H groups in total. The van der Waals surface area contributed by atoms with E-state index in [-0.39, 0.29) is 6.42 Å². The number of allylic oxidation sites excluding steroid dienone is 8. The minimum atomic E-state index is -0.712. The summed E-state index contributed by atoms with van der Waals surface area (Å²) in [5, 5.41) is 8.49. The van der Waals surface area contributed by atoms with Gasteiger partial charge in [0.1, 0.15) is 0 Å². The van der Waals surface area contributed by atoms with Crippen molar-refractivity contribution >= 4 is 5.97 Å². The maximum Gasteiger partial charge on any atom is 0.303 e. The Morgan fingerprint density at radius 1 is 0.727 bits per heavy atom. The van der Waals surface area contributed by atoms with Crippen molar-refractivity contribution in [3.63, 3.8) is 0 Å². The number of carboxylic acids is 1. The van der Waals surface area contributed by atoms with Crippen molar-refractivity contribution in [1.29, 1.82) is 0 Å². The van der Waals surface area contributed by atoms with Gasteiger partial charge < -0.3 is 5.11 Å². The van der Waals surface area contributed by atoms with E-state index in [1.54, 1.807) is 0 Å². The predicted molar refractivity (Wildman–Crippen MR) is 96.0 cm³/mol. The zero-order valence-electron chi connectivity index (χ0n) is 14.0. The van der Waals surface area contributed by atoms with E-state index in [0.29, 0.717) is 0 Å². The van der Waals surface area contributed by atoms with Crippen molar-refractivity contribution in [2.45, 2.75) is 71.1 Å². The number of rotatable bonds is 14. The van der Waals surface area contributed by atoms with Crippen LogP contribution in [-0.4, -0.2) is 11.1 Å². The summed E-state index contributed by atoms with van der Waals surface area (Å²) < 4.78 is 0.